The molecule has 1 aliphatic rings. The molecule has 1 aliphatic heterocycles. The summed E-state index contributed by atoms with van der Waals surface area (Å²) in [6.07, 6.45) is 0.882. The summed E-state index contributed by atoms with van der Waals surface area (Å²) in [4.78, 5) is 13.5. The van der Waals surface area contributed by atoms with E-state index in [1.54, 1.807) is 4.90 Å². The van der Waals surface area contributed by atoms with Gasteiger partial charge < -0.3 is 10.6 Å². The molecule has 5 heteroatoms. The number of hydrogen-bond acceptors (Lipinski definition) is 2. The topological polar surface area (TPSA) is 46.3 Å². The van der Waals surface area contributed by atoms with E-state index in [0.29, 0.717) is 18.7 Å². The maximum Gasteiger partial charge on any atom is 0.227 e. The molecule has 0 radical (unpaired) electrons. The predicted octanol–water partition coefficient (Wildman–Crippen LogP) is 1.07. The van der Waals surface area contributed by atoms with E-state index in [-0.39, 0.29) is 18.4 Å². The Labute approximate surface area is 98.2 Å². The summed E-state index contributed by atoms with van der Waals surface area (Å²) < 4.78 is 25.7. The Balaban J connectivity index is 2.00. The van der Waals surface area contributed by atoms with Crippen molar-refractivity contribution in [3.05, 3.63) is 35.4 Å². The molecule has 0 aromatic heterocycles. The maximum absolute atomic E-state index is 12.9. The highest BCUT2D eigenvalue weighted by molar-refractivity contribution is 5.79. The second-order valence-corrected chi connectivity index (χ2v) is 4.31. The van der Waals surface area contributed by atoms with E-state index in [9.17, 15) is 13.6 Å². The predicted molar refractivity (Wildman–Crippen MR) is 59.2 cm³/mol. The van der Waals surface area contributed by atoms with Crippen molar-refractivity contribution in [2.75, 3.05) is 13.1 Å². The van der Waals surface area contributed by atoms with Gasteiger partial charge in [0.1, 0.15) is 0 Å². The fourth-order valence-corrected chi connectivity index (χ4v) is 1.95. The smallest absolute Gasteiger partial charge is 0.227 e. The summed E-state index contributed by atoms with van der Waals surface area (Å²) in [5.74, 6) is -1.92. The number of carbonyl (C=O) groups is 1. The average Bonchev–Trinajstić information content (AvgIpc) is 2.70. The molecule has 2 N–H and O–H groups in total. The molecule has 0 aliphatic carbocycles. The first-order valence-corrected chi connectivity index (χ1v) is 5.53. The minimum Gasteiger partial charge on any atom is -0.341 e. The highest BCUT2D eigenvalue weighted by Crippen LogP contribution is 2.13. The third-order valence-electron chi connectivity index (χ3n) is 2.92. The van der Waals surface area contributed by atoms with Crippen molar-refractivity contribution >= 4 is 5.91 Å². The van der Waals surface area contributed by atoms with Crippen molar-refractivity contribution < 1.29 is 13.6 Å². The summed E-state index contributed by atoms with van der Waals surface area (Å²) in [6, 6.07) is 3.55. The molecule has 2 rings (SSSR count). The van der Waals surface area contributed by atoms with Gasteiger partial charge in [-0.1, -0.05) is 6.07 Å². The van der Waals surface area contributed by atoms with E-state index in [2.05, 4.69) is 0 Å². The number of carbonyl (C=O) groups excluding carboxylic acids is 1. The standard InChI is InChI=1S/C12H14F2N2O/c13-10-2-1-8(5-11(10)14)6-12(17)16-4-3-9(15)7-16/h1-2,5,9H,3-4,6-7,15H2. The van der Waals surface area contributed by atoms with E-state index < -0.39 is 11.6 Å². The van der Waals surface area contributed by atoms with Gasteiger partial charge in [-0.3, -0.25) is 4.79 Å². The van der Waals surface area contributed by atoms with E-state index >= 15 is 0 Å². The molecule has 1 aromatic rings. The lowest BCUT2D eigenvalue weighted by atomic mass is 10.1. The summed E-state index contributed by atoms with van der Waals surface area (Å²) in [7, 11) is 0. The molecule has 17 heavy (non-hydrogen) atoms. The number of benzene rings is 1. The Hall–Kier alpha value is -1.49. The SMILES string of the molecule is NC1CCN(C(=O)Cc2ccc(F)c(F)c2)C1. The van der Waals surface area contributed by atoms with Crippen LogP contribution in [0.5, 0.6) is 0 Å². The minimum atomic E-state index is -0.923. The Kier molecular flexibility index (Phi) is 3.38. The monoisotopic (exact) mass is 240 g/mol. The molecule has 0 spiro atoms. The number of nitrogens with two attached hydrogens (primary N) is 1. The van der Waals surface area contributed by atoms with Crippen molar-refractivity contribution in [3.63, 3.8) is 0 Å². The summed E-state index contributed by atoms with van der Waals surface area (Å²) in [5.41, 5.74) is 6.18. The zero-order chi connectivity index (χ0) is 12.4. The third-order valence-corrected chi connectivity index (χ3v) is 2.92. The Bertz CT molecular complexity index is 437. The van der Waals surface area contributed by atoms with Gasteiger partial charge in [0.05, 0.1) is 6.42 Å². The molecule has 1 amide bonds. The number of halogens is 2. The van der Waals surface area contributed by atoms with E-state index in [4.69, 9.17) is 5.73 Å². The van der Waals surface area contributed by atoms with Crippen LogP contribution in [-0.4, -0.2) is 29.9 Å². The molecule has 92 valence electrons. The van der Waals surface area contributed by atoms with Crippen LogP contribution in [0.25, 0.3) is 0 Å². The Morgan fingerprint density at radius 1 is 1.41 bits per heavy atom. The van der Waals surface area contributed by atoms with Gasteiger partial charge in [0, 0.05) is 19.1 Å². The van der Waals surface area contributed by atoms with Gasteiger partial charge in [0.2, 0.25) is 5.91 Å². The summed E-state index contributed by atoms with van der Waals surface area (Å²) in [6.45, 7) is 1.19. The van der Waals surface area contributed by atoms with Crippen LogP contribution in [-0.2, 0) is 11.2 Å². The molecule has 1 fully saturated rings. The Morgan fingerprint density at radius 3 is 2.76 bits per heavy atom. The summed E-state index contributed by atoms with van der Waals surface area (Å²) in [5, 5.41) is 0. The van der Waals surface area contributed by atoms with E-state index in [1.165, 1.54) is 6.07 Å². The molecule has 1 atom stereocenters. The van der Waals surface area contributed by atoms with Crippen LogP contribution in [0.15, 0.2) is 18.2 Å². The van der Waals surface area contributed by atoms with E-state index in [1.807, 2.05) is 0 Å². The molecule has 0 bridgehead atoms. The first-order valence-electron chi connectivity index (χ1n) is 5.53. The second kappa shape index (κ2) is 4.79. The van der Waals surface area contributed by atoms with Crippen molar-refractivity contribution in [2.45, 2.75) is 18.9 Å². The second-order valence-electron chi connectivity index (χ2n) is 4.31. The summed E-state index contributed by atoms with van der Waals surface area (Å²) >= 11 is 0. The third kappa shape index (κ3) is 2.79. The van der Waals surface area contributed by atoms with Crippen molar-refractivity contribution in [3.8, 4) is 0 Å². The lowest BCUT2D eigenvalue weighted by Gasteiger charge is -2.15. The van der Waals surface area contributed by atoms with E-state index in [0.717, 1.165) is 18.6 Å². The van der Waals surface area contributed by atoms with Crippen LogP contribution >= 0.6 is 0 Å². The van der Waals surface area contributed by atoms with Gasteiger partial charge in [-0.25, -0.2) is 8.78 Å². The van der Waals surface area contributed by atoms with Gasteiger partial charge >= 0.3 is 0 Å². The number of amides is 1. The highest BCUT2D eigenvalue weighted by atomic mass is 19.2. The average molecular weight is 240 g/mol. The lowest BCUT2D eigenvalue weighted by Crippen LogP contribution is -2.32. The molecule has 1 saturated heterocycles. The normalized spacial score (nSPS) is 19.7. The Morgan fingerprint density at radius 2 is 2.18 bits per heavy atom. The fourth-order valence-electron chi connectivity index (χ4n) is 1.95. The molecule has 1 heterocycles. The van der Waals surface area contributed by atoms with Crippen LogP contribution < -0.4 is 5.73 Å². The zero-order valence-electron chi connectivity index (χ0n) is 9.33. The van der Waals surface area contributed by atoms with Gasteiger partial charge in [0.15, 0.2) is 11.6 Å². The molecular weight excluding hydrogens is 226 g/mol. The van der Waals surface area contributed by atoms with Crippen molar-refractivity contribution in [1.29, 1.82) is 0 Å². The first kappa shape index (κ1) is 12.0. The molecule has 1 aromatic carbocycles. The minimum absolute atomic E-state index is 0.0314. The largest absolute Gasteiger partial charge is 0.341 e. The van der Waals surface area contributed by atoms with Gasteiger partial charge in [-0.15, -0.1) is 0 Å². The highest BCUT2D eigenvalue weighted by Gasteiger charge is 2.23. The van der Waals surface area contributed by atoms with Gasteiger partial charge in [-0.05, 0) is 24.1 Å². The molecular formula is C12H14F2N2O. The van der Waals surface area contributed by atoms with Crippen molar-refractivity contribution in [2.24, 2.45) is 5.73 Å². The van der Waals surface area contributed by atoms with Crippen LogP contribution in [0.2, 0.25) is 0 Å². The molecule has 0 saturated carbocycles. The molecule has 3 nitrogen and oxygen atoms in total. The van der Waals surface area contributed by atoms with Crippen LogP contribution in [0, 0.1) is 11.6 Å². The maximum atomic E-state index is 12.9. The molecule has 1 unspecified atom stereocenters. The van der Waals surface area contributed by atoms with Crippen LogP contribution in [0.1, 0.15) is 12.0 Å². The zero-order valence-corrected chi connectivity index (χ0v) is 9.33. The lowest BCUT2D eigenvalue weighted by molar-refractivity contribution is -0.129. The number of nitrogens with zero attached hydrogens (tertiary/aromatic N) is 1. The number of hydrogen-bond donors (Lipinski definition) is 1. The van der Waals surface area contributed by atoms with Crippen molar-refractivity contribution in [1.82, 2.24) is 4.90 Å². The van der Waals surface area contributed by atoms with Gasteiger partial charge in [-0.2, -0.15) is 0 Å². The first-order chi connectivity index (χ1) is 8.06. The van der Waals surface area contributed by atoms with Crippen LogP contribution in [0.3, 0.4) is 0 Å². The fraction of sp³-hybridized carbons (Fsp3) is 0.417. The number of rotatable bonds is 2. The number of likely N-dealkylation sites (tertiary alicyclic amines) is 1. The van der Waals surface area contributed by atoms with Gasteiger partial charge in [0.25, 0.3) is 0 Å². The van der Waals surface area contributed by atoms with Crippen LogP contribution in [0.4, 0.5) is 8.78 Å². The quantitative estimate of drug-likeness (QED) is 0.840.